The topological polar surface area (TPSA) is 3.24 Å². The Morgan fingerprint density at radius 2 is 1.67 bits per heavy atom. The van der Waals surface area contributed by atoms with Crippen LogP contribution in [0.3, 0.4) is 0 Å². The monoisotopic (exact) mass is 209 g/mol. The summed E-state index contributed by atoms with van der Waals surface area (Å²) in [6, 6.07) is 0. The maximum atomic E-state index is 2.69. The van der Waals surface area contributed by atoms with Gasteiger partial charge >= 0.3 is 0 Å². The zero-order chi connectivity index (χ0) is 11.2. The van der Waals surface area contributed by atoms with Gasteiger partial charge in [-0.1, -0.05) is 34.6 Å². The molecule has 0 bridgehead atoms. The number of hydrogen-bond acceptors (Lipinski definition) is 1. The predicted octanol–water partition coefficient (Wildman–Crippen LogP) is 3.26. The minimum Gasteiger partial charge on any atom is -0.302 e. The van der Waals surface area contributed by atoms with Crippen LogP contribution in [0.4, 0.5) is 0 Å². The van der Waals surface area contributed by atoms with E-state index in [1.807, 2.05) is 0 Å². The van der Waals surface area contributed by atoms with E-state index in [0.717, 1.165) is 23.7 Å². The zero-order valence-electron chi connectivity index (χ0n) is 11.1. The summed E-state index contributed by atoms with van der Waals surface area (Å²) in [5, 5.41) is 0. The Bertz CT molecular complexity index is 214. The Kier molecular flexibility index (Phi) is 2.87. The molecule has 0 aromatic rings. The van der Waals surface area contributed by atoms with Crippen molar-refractivity contribution < 1.29 is 0 Å². The Hall–Kier alpha value is -0.0400. The molecule has 2 atom stereocenters. The van der Waals surface area contributed by atoms with Gasteiger partial charge in [0, 0.05) is 19.6 Å². The van der Waals surface area contributed by atoms with Crippen molar-refractivity contribution in [2.75, 3.05) is 19.6 Å². The van der Waals surface area contributed by atoms with E-state index in [4.69, 9.17) is 0 Å². The van der Waals surface area contributed by atoms with Gasteiger partial charge in [0.1, 0.15) is 0 Å². The van der Waals surface area contributed by atoms with E-state index in [9.17, 15) is 0 Å². The van der Waals surface area contributed by atoms with Gasteiger partial charge in [0.05, 0.1) is 0 Å². The summed E-state index contributed by atoms with van der Waals surface area (Å²) in [4.78, 5) is 2.69. The SMILES string of the molecule is CC(C)CC1C2CN(CC(C)(C)C)CC12. The van der Waals surface area contributed by atoms with Crippen molar-refractivity contribution in [2.45, 2.75) is 41.0 Å². The Balaban J connectivity index is 1.74. The Morgan fingerprint density at radius 3 is 2.07 bits per heavy atom. The first kappa shape index (κ1) is 11.4. The maximum Gasteiger partial charge on any atom is 0.00303 e. The van der Waals surface area contributed by atoms with E-state index in [2.05, 4.69) is 39.5 Å². The second kappa shape index (κ2) is 3.76. The van der Waals surface area contributed by atoms with Gasteiger partial charge in [-0.3, -0.25) is 0 Å². The molecule has 15 heavy (non-hydrogen) atoms. The van der Waals surface area contributed by atoms with Gasteiger partial charge in [-0.15, -0.1) is 0 Å². The second-order valence-electron chi connectivity index (χ2n) is 7.38. The number of fused-ring (bicyclic) bond motifs is 1. The van der Waals surface area contributed by atoms with Gasteiger partial charge in [0.25, 0.3) is 0 Å². The molecule has 1 saturated carbocycles. The predicted molar refractivity (Wildman–Crippen MR) is 65.8 cm³/mol. The number of hydrogen-bond donors (Lipinski definition) is 0. The van der Waals surface area contributed by atoms with Crippen LogP contribution in [-0.2, 0) is 0 Å². The van der Waals surface area contributed by atoms with Crippen LogP contribution in [0.15, 0.2) is 0 Å². The normalized spacial score (nSPS) is 36.0. The lowest BCUT2D eigenvalue weighted by Gasteiger charge is -2.28. The first-order valence-corrected chi connectivity index (χ1v) is 6.59. The summed E-state index contributed by atoms with van der Waals surface area (Å²) in [6.45, 7) is 15.8. The molecule has 0 N–H and O–H groups in total. The van der Waals surface area contributed by atoms with Crippen molar-refractivity contribution in [3.05, 3.63) is 0 Å². The van der Waals surface area contributed by atoms with Crippen molar-refractivity contribution in [1.29, 1.82) is 0 Å². The fourth-order valence-corrected chi connectivity index (χ4v) is 3.43. The highest BCUT2D eigenvalue weighted by Crippen LogP contribution is 2.54. The lowest BCUT2D eigenvalue weighted by molar-refractivity contribution is 0.197. The largest absolute Gasteiger partial charge is 0.302 e. The van der Waals surface area contributed by atoms with Crippen molar-refractivity contribution in [2.24, 2.45) is 29.1 Å². The molecular weight excluding hydrogens is 182 g/mol. The molecule has 88 valence electrons. The molecule has 2 fully saturated rings. The molecule has 1 nitrogen and oxygen atoms in total. The molecule has 0 aromatic carbocycles. The Morgan fingerprint density at radius 1 is 1.13 bits per heavy atom. The average Bonchev–Trinajstić information content (AvgIpc) is 2.54. The van der Waals surface area contributed by atoms with Crippen LogP contribution in [0.25, 0.3) is 0 Å². The van der Waals surface area contributed by atoms with Crippen LogP contribution in [0.1, 0.15) is 41.0 Å². The summed E-state index contributed by atoms with van der Waals surface area (Å²) >= 11 is 0. The molecule has 1 saturated heterocycles. The molecule has 0 amide bonds. The highest BCUT2D eigenvalue weighted by atomic mass is 15.2. The number of nitrogens with zero attached hydrogens (tertiary/aromatic N) is 1. The standard InChI is InChI=1S/C14H27N/c1-10(2)6-11-12-7-15(8-13(11)12)9-14(3,4)5/h10-13H,6-9H2,1-5H3. The zero-order valence-corrected chi connectivity index (χ0v) is 11.1. The van der Waals surface area contributed by atoms with E-state index in [0.29, 0.717) is 5.41 Å². The summed E-state index contributed by atoms with van der Waals surface area (Å²) in [5.74, 6) is 4.11. The van der Waals surface area contributed by atoms with E-state index in [-0.39, 0.29) is 0 Å². The summed E-state index contributed by atoms with van der Waals surface area (Å²) in [7, 11) is 0. The molecule has 2 aliphatic rings. The van der Waals surface area contributed by atoms with Gasteiger partial charge in [-0.2, -0.15) is 0 Å². The quantitative estimate of drug-likeness (QED) is 0.689. The van der Waals surface area contributed by atoms with Crippen LogP contribution in [0.2, 0.25) is 0 Å². The number of likely N-dealkylation sites (tertiary alicyclic amines) is 1. The van der Waals surface area contributed by atoms with Crippen molar-refractivity contribution >= 4 is 0 Å². The van der Waals surface area contributed by atoms with Gasteiger partial charge in [-0.05, 0) is 35.5 Å². The lowest BCUT2D eigenvalue weighted by atomic mass is 9.95. The van der Waals surface area contributed by atoms with Crippen LogP contribution >= 0.6 is 0 Å². The summed E-state index contributed by atoms with van der Waals surface area (Å²) < 4.78 is 0. The highest BCUT2D eigenvalue weighted by molar-refractivity contribution is 5.05. The molecule has 1 heterocycles. The maximum absolute atomic E-state index is 2.69. The third-order valence-corrected chi connectivity index (χ3v) is 3.89. The first-order chi connectivity index (χ1) is 6.87. The van der Waals surface area contributed by atoms with Gasteiger partial charge in [0.15, 0.2) is 0 Å². The van der Waals surface area contributed by atoms with Gasteiger partial charge in [0.2, 0.25) is 0 Å². The Labute approximate surface area is 95.2 Å². The van der Waals surface area contributed by atoms with Crippen molar-refractivity contribution in [3.8, 4) is 0 Å². The summed E-state index contributed by atoms with van der Waals surface area (Å²) in [6.07, 6.45) is 1.47. The minimum absolute atomic E-state index is 0.477. The highest BCUT2D eigenvalue weighted by Gasteiger charge is 2.55. The van der Waals surface area contributed by atoms with Crippen LogP contribution in [0, 0.1) is 29.1 Å². The minimum atomic E-state index is 0.477. The third kappa shape index (κ3) is 2.75. The summed E-state index contributed by atoms with van der Waals surface area (Å²) in [5.41, 5.74) is 0.477. The molecule has 0 radical (unpaired) electrons. The fraction of sp³-hybridized carbons (Fsp3) is 1.00. The molecule has 0 aromatic heterocycles. The average molecular weight is 209 g/mol. The molecule has 2 unspecified atom stereocenters. The van der Waals surface area contributed by atoms with E-state index >= 15 is 0 Å². The lowest BCUT2D eigenvalue weighted by Crippen LogP contribution is -2.33. The number of piperidine rings is 1. The van der Waals surface area contributed by atoms with Crippen LogP contribution < -0.4 is 0 Å². The smallest absolute Gasteiger partial charge is 0.00303 e. The number of rotatable bonds is 3. The third-order valence-electron chi connectivity index (χ3n) is 3.89. The van der Waals surface area contributed by atoms with Crippen molar-refractivity contribution in [1.82, 2.24) is 4.90 Å². The van der Waals surface area contributed by atoms with Gasteiger partial charge < -0.3 is 4.90 Å². The van der Waals surface area contributed by atoms with E-state index in [1.165, 1.54) is 26.1 Å². The second-order valence-corrected chi connectivity index (χ2v) is 7.38. The molecule has 0 spiro atoms. The van der Waals surface area contributed by atoms with Crippen LogP contribution in [-0.4, -0.2) is 24.5 Å². The molecular formula is C14H27N. The van der Waals surface area contributed by atoms with E-state index in [1.54, 1.807) is 0 Å². The van der Waals surface area contributed by atoms with Crippen molar-refractivity contribution in [3.63, 3.8) is 0 Å². The molecule has 1 heteroatoms. The molecule has 1 aliphatic heterocycles. The van der Waals surface area contributed by atoms with Crippen LogP contribution in [0.5, 0.6) is 0 Å². The van der Waals surface area contributed by atoms with Gasteiger partial charge in [-0.25, -0.2) is 0 Å². The van der Waals surface area contributed by atoms with E-state index < -0.39 is 0 Å². The first-order valence-electron chi connectivity index (χ1n) is 6.59. The fourth-order valence-electron chi connectivity index (χ4n) is 3.43. The molecule has 2 rings (SSSR count). The molecule has 1 aliphatic carbocycles.